The third-order valence-corrected chi connectivity index (χ3v) is 2.77. The third kappa shape index (κ3) is 2.58. The van der Waals surface area contributed by atoms with Gasteiger partial charge in [-0.15, -0.1) is 0 Å². The molecule has 0 amide bonds. The van der Waals surface area contributed by atoms with Gasteiger partial charge in [-0.1, -0.05) is 0 Å². The fourth-order valence-corrected chi connectivity index (χ4v) is 1.82. The first-order valence-electron chi connectivity index (χ1n) is 5.40. The fraction of sp³-hybridized carbons (Fsp3) is 0.500. The second-order valence-corrected chi connectivity index (χ2v) is 3.96. The van der Waals surface area contributed by atoms with E-state index < -0.39 is 0 Å². The van der Waals surface area contributed by atoms with Gasteiger partial charge in [-0.05, 0) is 30.9 Å². The van der Waals surface area contributed by atoms with Gasteiger partial charge in [0.25, 0.3) is 0 Å². The smallest absolute Gasteiger partial charge is 0.339 e. The largest absolute Gasteiger partial charge is 0.465 e. The predicted octanol–water partition coefficient (Wildman–Crippen LogP) is 1.45. The Labute approximate surface area is 94.6 Å². The van der Waals surface area contributed by atoms with Gasteiger partial charge in [0, 0.05) is 25.1 Å². The second kappa shape index (κ2) is 5.07. The molecule has 1 aromatic rings. The maximum Gasteiger partial charge on any atom is 0.339 e. The van der Waals surface area contributed by atoms with Gasteiger partial charge < -0.3 is 9.47 Å². The lowest BCUT2D eigenvalue weighted by molar-refractivity contribution is 0.0600. The monoisotopic (exact) mass is 221 g/mol. The van der Waals surface area contributed by atoms with Gasteiger partial charge in [-0.3, -0.25) is 4.98 Å². The van der Waals surface area contributed by atoms with Crippen LogP contribution in [-0.4, -0.2) is 31.3 Å². The molecular weight excluding hydrogens is 206 g/mol. The predicted molar refractivity (Wildman–Crippen MR) is 58.2 cm³/mol. The zero-order chi connectivity index (χ0) is 11.4. The normalized spacial score (nSPS) is 19.7. The molecule has 1 aliphatic heterocycles. The van der Waals surface area contributed by atoms with Crippen molar-refractivity contribution in [1.82, 2.24) is 4.98 Å². The lowest BCUT2D eigenvalue weighted by atomic mass is 10.0. The molecule has 1 aliphatic rings. The number of esters is 1. The summed E-state index contributed by atoms with van der Waals surface area (Å²) in [5.41, 5.74) is 1.50. The molecule has 0 N–H and O–H groups in total. The van der Waals surface area contributed by atoms with Crippen molar-refractivity contribution in [3.63, 3.8) is 0 Å². The molecule has 0 spiro atoms. The SMILES string of the molecule is COC(=O)c1ccc(CC2CCOC2)nc1. The van der Waals surface area contributed by atoms with Gasteiger partial charge in [0.2, 0.25) is 0 Å². The van der Waals surface area contributed by atoms with Gasteiger partial charge in [-0.25, -0.2) is 4.79 Å². The highest BCUT2D eigenvalue weighted by Crippen LogP contribution is 2.17. The number of carbonyl (C=O) groups is 1. The molecule has 4 heteroatoms. The molecule has 0 aliphatic carbocycles. The second-order valence-electron chi connectivity index (χ2n) is 3.96. The van der Waals surface area contributed by atoms with E-state index in [0.717, 1.165) is 31.7 Å². The number of nitrogens with zero attached hydrogens (tertiary/aromatic N) is 1. The van der Waals surface area contributed by atoms with E-state index in [1.165, 1.54) is 7.11 Å². The molecular formula is C12H15NO3. The van der Waals surface area contributed by atoms with Crippen LogP contribution >= 0.6 is 0 Å². The lowest BCUT2D eigenvalue weighted by Gasteiger charge is -2.06. The number of methoxy groups -OCH3 is 1. The first-order chi connectivity index (χ1) is 7.79. The molecule has 2 heterocycles. The molecule has 4 nitrogen and oxygen atoms in total. The van der Waals surface area contributed by atoms with Crippen LogP contribution in [0, 0.1) is 5.92 Å². The van der Waals surface area contributed by atoms with Gasteiger partial charge in [0.05, 0.1) is 12.7 Å². The van der Waals surface area contributed by atoms with Crippen LogP contribution in [0.4, 0.5) is 0 Å². The van der Waals surface area contributed by atoms with E-state index in [-0.39, 0.29) is 5.97 Å². The Balaban J connectivity index is 1.98. The van der Waals surface area contributed by atoms with E-state index >= 15 is 0 Å². The maximum atomic E-state index is 11.2. The van der Waals surface area contributed by atoms with Crippen LogP contribution in [0.5, 0.6) is 0 Å². The zero-order valence-corrected chi connectivity index (χ0v) is 9.31. The molecule has 0 aromatic carbocycles. The zero-order valence-electron chi connectivity index (χ0n) is 9.31. The Bertz CT molecular complexity index is 355. The van der Waals surface area contributed by atoms with E-state index in [4.69, 9.17) is 4.74 Å². The van der Waals surface area contributed by atoms with E-state index in [2.05, 4.69) is 9.72 Å². The Kier molecular flexibility index (Phi) is 3.51. The topological polar surface area (TPSA) is 48.4 Å². The molecule has 1 aromatic heterocycles. The minimum Gasteiger partial charge on any atom is -0.465 e. The number of hydrogen-bond donors (Lipinski definition) is 0. The number of hydrogen-bond acceptors (Lipinski definition) is 4. The van der Waals surface area contributed by atoms with Crippen molar-refractivity contribution < 1.29 is 14.3 Å². The highest BCUT2D eigenvalue weighted by molar-refractivity contribution is 5.88. The Morgan fingerprint density at radius 1 is 1.62 bits per heavy atom. The highest BCUT2D eigenvalue weighted by atomic mass is 16.5. The summed E-state index contributed by atoms with van der Waals surface area (Å²) in [6.45, 7) is 1.67. The molecule has 86 valence electrons. The fourth-order valence-electron chi connectivity index (χ4n) is 1.82. The van der Waals surface area contributed by atoms with E-state index in [1.54, 1.807) is 12.3 Å². The van der Waals surface area contributed by atoms with Crippen molar-refractivity contribution in [3.05, 3.63) is 29.6 Å². The Morgan fingerprint density at radius 3 is 3.06 bits per heavy atom. The summed E-state index contributed by atoms with van der Waals surface area (Å²) < 4.78 is 9.92. The number of rotatable bonds is 3. The van der Waals surface area contributed by atoms with Crippen LogP contribution in [0.2, 0.25) is 0 Å². The summed E-state index contributed by atoms with van der Waals surface area (Å²) in [4.78, 5) is 15.4. The van der Waals surface area contributed by atoms with Crippen molar-refractivity contribution in [2.24, 2.45) is 5.92 Å². The minimum atomic E-state index is -0.344. The molecule has 1 fully saturated rings. The Morgan fingerprint density at radius 2 is 2.50 bits per heavy atom. The first-order valence-corrected chi connectivity index (χ1v) is 5.40. The molecule has 1 atom stereocenters. The van der Waals surface area contributed by atoms with Gasteiger partial charge in [0.1, 0.15) is 0 Å². The number of carbonyl (C=O) groups excluding carboxylic acids is 1. The molecule has 0 saturated carbocycles. The minimum absolute atomic E-state index is 0.344. The van der Waals surface area contributed by atoms with Crippen molar-refractivity contribution in [2.45, 2.75) is 12.8 Å². The van der Waals surface area contributed by atoms with E-state index in [9.17, 15) is 4.79 Å². The number of ether oxygens (including phenoxy) is 2. The quantitative estimate of drug-likeness (QED) is 0.725. The van der Waals surface area contributed by atoms with Crippen molar-refractivity contribution in [2.75, 3.05) is 20.3 Å². The number of pyridine rings is 1. The summed E-state index contributed by atoms with van der Waals surface area (Å²) >= 11 is 0. The van der Waals surface area contributed by atoms with Crippen LogP contribution in [-0.2, 0) is 15.9 Å². The highest BCUT2D eigenvalue weighted by Gasteiger charge is 2.16. The first kappa shape index (κ1) is 11.1. The maximum absolute atomic E-state index is 11.2. The summed E-state index contributed by atoms with van der Waals surface area (Å²) in [7, 11) is 1.37. The molecule has 2 rings (SSSR count). The number of aromatic nitrogens is 1. The lowest BCUT2D eigenvalue weighted by Crippen LogP contribution is -2.07. The summed E-state index contributed by atoms with van der Waals surface area (Å²) in [5.74, 6) is 0.222. The molecule has 16 heavy (non-hydrogen) atoms. The summed E-state index contributed by atoms with van der Waals surface area (Å²) in [6.07, 6.45) is 3.58. The molecule has 0 radical (unpaired) electrons. The van der Waals surface area contributed by atoms with Crippen molar-refractivity contribution in [3.8, 4) is 0 Å². The van der Waals surface area contributed by atoms with Crippen LogP contribution < -0.4 is 0 Å². The van der Waals surface area contributed by atoms with Crippen molar-refractivity contribution in [1.29, 1.82) is 0 Å². The van der Waals surface area contributed by atoms with Crippen molar-refractivity contribution >= 4 is 5.97 Å². The average Bonchev–Trinajstić information content (AvgIpc) is 2.82. The van der Waals surface area contributed by atoms with E-state index in [1.807, 2.05) is 6.07 Å². The van der Waals surface area contributed by atoms with Crippen LogP contribution in [0.1, 0.15) is 22.5 Å². The summed E-state index contributed by atoms with van der Waals surface area (Å²) in [6, 6.07) is 3.63. The van der Waals surface area contributed by atoms with Gasteiger partial charge in [0.15, 0.2) is 0 Å². The van der Waals surface area contributed by atoms with Crippen LogP contribution in [0.15, 0.2) is 18.3 Å². The average molecular weight is 221 g/mol. The summed E-state index contributed by atoms with van der Waals surface area (Å²) in [5, 5.41) is 0. The molecule has 1 saturated heterocycles. The van der Waals surface area contributed by atoms with Gasteiger partial charge in [-0.2, -0.15) is 0 Å². The standard InChI is InChI=1S/C12H15NO3/c1-15-12(14)10-2-3-11(13-7-10)6-9-4-5-16-8-9/h2-3,7,9H,4-6,8H2,1H3. The van der Waals surface area contributed by atoms with Crippen LogP contribution in [0.3, 0.4) is 0 Å². The molecule has 1 unspecified atom stereocenters. The van der Waals surface area contributed by atoms with Gasteiger partial charge >= 0.3 is 5.97 Å². The van der Waals surface area contributed by atoms with Crippen LogP contribution in [0.25, 0.3) is 0 Å². The third-order valence-electron chi connectivity index (χ3n) is 2.77. The van der Waals surface area contributed by atoms with E-state index in [0.29, 0.717) is 11.5 Å². The molecule has 0 bridgehead atoms. The Hall–Kier alpha value is -1.42.